The number of carbonyl (C=O) groups is 2. The zero-order valence-corrected chi connectivity index (χ0v) is 13.6. The molecule has 4 N–H and O–H groups in total. The molecule has 1 amide bonds. The van der Waals surface area contributed by atoms with Crippen molar-refractivity contribution in [1.82, 2.24) is 15.5 Å². The molecule has 0 aliphatic carbocycles. The monoisotopic (exact) mass is 336 g/mol. The van der Waals surface area contributed by atoms with Gasteiger partial charge in [0.05, 0.1) is 18.2 Å². The molecule has 2 aromatic rings. The Bertz CT molecular complexity index is 757. The number of hydrogen-bond donors (Lipinski definition) is 3. The van der Waals surface area contributed by atoms with Gasteiger partial charge in [0, 0.05) is 5.56 Å². The summed E-state index contributed by atoms with van der Waals surface area (Å²) >= 11 is 1.17. The molecule has 0 saturated carbocycles. The maximum atomic E-state index is 12.4. The average molecular weight is 336 g/mol. The van der Waals surface area contributed by atoms with Crippen molar-refractivity contribution in [2.75, 3.05) is 12.8 Å². The zero-order valence-electron chi connectivity index (χ0n) is 12.8. The lowest BCUT2D eigenvalue weighted by Crippen LogP contribution is -2.41. The highest BCUT2D eigenvalue weighted by atomic mass is 32.1. The smallest absolute Gasteiger partial charge is 0.335 e. The summed E-state index contributed by atoms with van der Waals surface area (Å²) in [5, 5.41) is 20.4. The first kappa shape index (κ1) is 16.7. The van der Waals surface area contributed by atoms with Crippen molar-refractivity contribution in [3.8, 4) is 5.75 Å². The predicted octanol–water partition coefficient (Wildman–Crippen LogP) is 1.49. The molecule has 122 valence electrons. The molecule has 9 heteroatoms. The first-order valence-electron chi connectivity index (χ1n) is 6.57. The first-order valence-corrected chi connectivity index (χ1v) is 7.39. The SMILES string of the molecule is COc1cc(C(=O)O)cc(C(=O)NC(C)(C)c2nnc(N)s2)c1. The maximum Gasteiger partial charge on any atom is 0.335 e. The van der Waals surface area contributed by atoms with Crippen molar-refractivity contribution < 1.29 is 19.4 Å². The number of carboxylic acids is 1. The third-order valence-electron chi connectivity index (χ3n) is 3.05. The van der Waals surface area contributed by atoms with Crippen LogP contribution in [0.3, 0.4) is 0 Å². The second-order valence-corrected chi connectivity index (χ2v) is 6.29. The summed E-state index contributed by atoms with van der Waals surface area (Å²) in [5.74, 6) is -1.31. The van der Waals surface area contributed by atoms with Crippen LogP contribution in [0.15, 0.2) is 18.2 Å². The van der Waals surface area contributed by atoms with Crippen LogP contribution < -0.4 is 15.8 Å². The van der Waals surface area contributed by atoms with Crippen LogP contribution in [0.2, 0.25) is 0 Å². The number of nitrogens with zero attached hydrogens (tertiary/aromatic N) is 2. The first-order chi connectivity index (χ1) is 10.7. The molecule has 8 nitrogen and oxygen atoms in total. The van der Waals surface area contributed by atoms with E-state index >= 15 is 0 Å². The number of anilines is 1. The molecule has 0 atom stereocenters. The van der Waals surface area contributed by atoms with Crippen LogP contribution in [0.1, 0.15) is 39.6 Å². The molecule has 0 spiro atoms. The Morgan fingerprint density at radius 1 is 1.26 bits per heavy atom. The van der Waals surface area contributed by atoms with E-state index in [-0.39, 0.29) is 16.9 Å². The molecule has 2 rings (SSSR count). The van der Waals surface area contributed by atoms with E-state index in [4.69, 9.17) is 15.6 Å². The quantitative estimate of drug-likeness (QED) is 0.754. The van der Waals surface area contributed by atoms with Crippen molar-refractivity contribution in [2.24, 2.45) is 0 Å². The van der Waals surface area contributed by atoms with Gasteiger partial charge in [0.15, 0.2) is 0 Å². The molecule has 23 heavy (non-hydrogen) atoms. The normalized spacial score (nSPS) is 11.1. The van der Waals surface area contributed by atoms with Crippen molar-refractivity contribution in [3.05, 3.63) is 34.3 Å². The van der Waals surface area contributed by atoms with Gasteiger partial charge in [-0.2, -0.15) is 0 Å². The molecule has 0 radical (unpaired) electrons. The van der Waals surface area contributed by atoms with Crippen molar-refractivity contribution in [1.29, 1.82) is 0 Å². The maximum absolute atomic E-state index is 12.4. The molecular formula is C14H16N4O4S. The number of aromatic carboxylic acids is 1. The lowest BCUT2D eigenvalue weighted by molar-refractivity contribution is 0.0696. The highest BCUT2D eigenvalue weighted by Crippen LogP contribution is 2.26. The van der Waals surface area contributed by atoms with Gasteiger partial charge in [-0.3, -0.25) is 4.79 Å². The van der Waals surface area contributed by atoms with Gasteiger partial charge in [-0.15, -0.1) is 10.2 Å². The Labute approximate surface area is 136 Å². The highest BCUT2D eigenvalue weighted by Gasteiger charge is 2.28. The zero-order chi connectivity index (χ0) is 17.2. The number of rotatable bonds is 5. The number of benzene rings is 1. The number of amides is 1. The summed E-state index contributed by atoms with van der Waals surface area (Å²) in [5.41, 5.74) is 4.89. The topological polar surface area (TPSA) is 127 Å². The van der Waals surface area contributed by atoms with Crippen LogP contribution in [-0.4, -0.2) is 34.3 Å². The molecule has 0 fully saturated rings. The molecule has 0 unspecified atom stereocenters. The second-order valence-electron chi connectivity index (χ2n) is 5.28. The lowest BCUT2D eigenvalue weighted by Gasteiger charge is -2.23. The number of nitrogen functional groups attached to an aromatic ring is 1. The van der Waals surface area contributed by atoms with Gasteiger partial charge in [-0.05, 0) is 32.0 Å². The summed E-state index contributed by atoms with van der Waals surface area (Å²) < 4.78 is 5.03. The van der Waals surface area contributed by atoms with E-state index < -0.39 is 17.4 Å². The van der Waals surface area contributed by atoms with E-state index in [0.717, 1.165) is 0 Å². The molecule has 0 saturated heterocycles. The minimum absolute atomic E-state index is 0.0348. The van der Waals surface area contributed by atoms with Gasteiger partial charge in [0.2, 0.25) is 5.13 Å². The van der Waals surface area contributed by atoms with E-state index in [1.165, 1.54) is 36.6 Å². The Balaban J connectivity index is 2.30. The van der Waals surface area contributed by atoms with Crippen molar-refractivity contribution in [3.63, 3.8) is 0 Å². The molecule has 0 aliphatic heterocycles. The van der Waals surface area contributed by atoms with Gasteiger partial charge in [0.1, 0.15) is 10.8 Å². The molecule has 0 bridgehead atoms. The van der Waals surface area contributed by atoms with Gasteiger partial charge in [-0.1, -0.05) is 11.3 Å². The molecule has 1 aromatic heterocycles. The van der Waals surface area contributed by atoms with Gasteiger partial charge in [-0.25, -0.2) is 4.79 Å². The molecule has 1 heterocycles. The third-order valence-corrected chi connectivity index (χ3v) is 4.13. The molecular weight excluding hydrogens is 320 g/mol. The molecule has 1 aromatic carbocycles. The van der Waals surface area contributed by atoms with Crippen LogP contribution in [0.4, 0.5) is 5.13 Å². The number of nitrogens with two attached hydrogens (primary N) is 1. The van der Waals surface area contributed by atoms with E-state index in [1.54, 1.807) is 13.8 Å². The fourth-order valence-corrected chi connectivity index (χ4v) is 2.54. The fourth-order valence-electron chi connectivity index (χ4n) is 1.87. The van der Waals surface area contributed by atoms with Crippen LogP contribution in [0.5, 0.6) is 5.75 Å². The highest BCUT2D eigenvalue weighted by molar-refractivity contribution is 7.15. The number of methoxy groups -OCH3 is 1. The number of hydrogen-bond acceptors (Lipinski definition) is 7. The van der Waals surface area contributed by atoms with Crippen LogP contribution in [0, 0.1) is 0 Å². The Morgan fingerprint density at radius 2 is 1.91 bits per heavy atom. The summed E-state index contributed by atoms with van der Waals surface area (Å²) in [6.07, 6.45) is 0. The standard InChI is InChI=1S/C14H16N4O4S/c1-14(2,12-17-18-13(15)23-12)16-10(19)7-4-8(11(20)21)6-9(5-7)22-3/h4-6H,1-3H3,(H2,15,18)(H,16,19)(H,20,21). The van der Waals surface area contributed by atoms with E-state index in [9.17, 15) is 9.59 Å². The summed E-state index contributed by atoms with van der Waals surface area (Å²) in [7, 11) is 1.40. The van der Waals surface area contributed by atoms with Crippen LogP contribution >= 0.6 is 11.3 Å². The Morgan fingerprint density at radius 3 is 2.43 bits per heavy atom. The van der Waals surface area contributed by atoms with E-state index in [0.29, 0.717) is 10.1 Å². The largest absolute Gasteiger partial charge is 0.497 e. The van der Waals surface area contributed by atoms with E-state index in [2.05, 4.69) is 15.5 Å². The van der Waals surface area contributed by atoms with Crippen molar-refractivity contribution >= 4 is 28.3 Å². The van der Waals surface area contributed by atoms with Gasteiger partial charge >= 0.3 is 5.97 Å². The minimum atomic E-state index is -1.14. The predicted molar refractivity (Wildman–Crippen MR) is 84.8 cm³/mol. The summed E-state index contributed by atoms with van der Waals surface area (Å²) in [6, 6.07) is 4.09. The van der Waals surface area contributed by atoms with Gasteiger partial charge < -0.3 is 20.9 Å². The average Bonchev–Trinajstić information content (AvgIpc) is 2.93. The summed E-state index contributed by atoms with van der Waals surface area (Å²) in [4.78, 5) is 23.6. The van der Waals surface area contributed by atoms with E-state index in [1.807, 2.05) is 0 Å². The van der Waals surface area contributed by atoms with Crippen LogP contribution in [-0.2, 0) is 5.54 Å². The number of ether oxygens (including phenoxy) is 1. The Kier molecular flexibility index (Phi) is 4.50. The lowest BCUT2D eigenvalue weighted by atomic mass is 10.0. The molecule has 0 aliphatic rings. The number of nitrogens with one attached hydrogen (secondary N) is 1. The second kappa shape index (κ2) is 6.21. The van der Waals surface area contributed by atoms with Gasteiger partial charge in [0.25, 0.3) is 5.91 Å². The number of carboxylic acid groups (broad SMARTS) is 1. The fraction of sp³-hybridized carbons (Fsp3) is 0.286. The van der Waals surface area contributed by atoms with Crippen molar-refractivity contribution in [2.45, 2.75) is 19.4 Å². The Hall–Kier alpha value is -2.68. The van der Waals surface area contributed by atoms with Crippen LogP contribution in [0.25, 0.3) is 0 Å². The minimum Gasteiger partial charge on any atom is -0.497 e. The summed E-state index contributed by atoms with van der Waals surface area (Å²) in [6.45, 7) is 3.51. The number of carbonyl (C=O) groups excluding carboxylic acids is 1. The number of aromatic nitrogens is 2. The third kappa shape index (κ3) is 3.75.